The normalized spacial score (nSPS) is 32.8. The molecule has 0 spiro atoms. The van der Waals surface area contributed by atoms with Gasteiger partial charge in [0, 0.05) is 6.08 Å². The van der Waals surface area contributed by atoms with Crippen LogP contribution < -0.4 is 0 Å². The largest absolute Gasteiger partial charge is 0.504 e. The van der Waals surface area contributed by atoms with Crippen LogP contribution in [0.3, 0.4) is 0 Å². The summed E-state index contributed by atoms with van der Waals surface area (Å²) < 4.78 is 28.0. The van der Waals surface area contributed by atoms with E-state index < -0.39 is 104 Å². The molecule has 2 fully saturated rings. The minimum atomic E-state index is -1.83. The molecule has 0 unspecified atom stereocenters. The molecule has 0 amide bonds. The number of esters is 1. The van der Waals surface area contributed by atoms with E-state index in [1.807, 2.05) is 0 Å². The summed E-state index contributed by atoms with van der Waals surface area (Å²) in [4.78, 5) is 12.7. The molecule has 4 rings (SSSR count). The Hall–Kier alpha value is -3.55. The molecule has 11 atom stereocenters. The molecule has 248 valence electrons. The van der Waals surface area contributed by atoms with Crippen LogP contribution in [-0.4, -0.2) is 132 Å². The lowest BCUT2D eigenvalue weighted by atomic mass is 9.97. The number of ether oxygens (including phenoxy) is 5. The van der Waals surface area contributed by atoms with Gasteiger partial charge in [0.15, 0.2) is 41.7 Å². The van der Waals surface area contributed by atoms with Crippen LogP contribution in [0.15, 0.2) is 42.5 Å². The number of phenolic OH excluding ortho intramolecular Hbond substituents is 4. The third-order valence-electron chi connectivity index (χ3n) is 7.36. The molecule has 2 saturated heterocycles. The molecular weight excluding hydrogens is 604 g/mol. The number of aliphatic hydroxyl groups is 6. The first-order chi connectivity index (χ1) is 21.3. The quantitative estimate of drug-likeness (QED) is 0.0802. The van der Waals surface area contributed by atoms with Gasteiger partial charge in [-0.25, -0.2) is 4.79 Å². The Morgan fingerprint density at radius 2 is 1.51 bits per heavy atom. The number of carbonyl (C=O) groups is 1. The zero-order valence-corrected chi connectivity index (χ0v) is 23.8. The number of hydrogen-bond donors (Lipinski definition) is 10. The molecule has 2 heterocycles. The van der Waals surface area contributed by atoms with E-state index in [4.69, 9.17) is 23.7 Å². The van der Waals surface area contributed by atoms with Crippen LogP contribution in [0.4, 0.5) is 0 Å². The van der Waals surface area contributed by atoms with Gasteiger partial charge in [-0.1, -0.05) is 12.1 Å². The van der Waals surface area contributed by atoms with E-state index in [-0.39, 0.29) is 11.3 Å². The zero-order chi connectivity index (χ0) is 33.0. The van der Waals surface area contributed by atoms with Crippen molar-refractivity contribution in [3.8, 4) is 23.0 Å². The van der Waals surface area contributed by atoms with E-state index in [2.05, 4.69) is 0 Å². The van der Waals surface area contributed by atoms with Crippen molar-refractivity contribution in [1.29, 1.82) is 0 Å². The first kappa shape index (κ1) is 34.3. The summed E-state index contributed by atoms with van der Waals surface area (Å²) in [5.74, 6) is -2.75. The molecule has 45 heavy (non-hydrogen) atoms. The molecule has 2 aromatic rings. The SMILES string of the molecule is C[C@H]1O[C@@H](O[C@H]2[C@H](OC[C@@H](O)c3ccc(O)c(O)c3)O[C@@H](CO)[C@H](OC(=O)/C=C/c3ccc(O)c(O)c3)[C@@H]2O)[C@H](O)[C@@H](O)[C@H]1O. The van der Waals surface area contributed by atoms with Gasteiger partial charge in [-0.3, -0.25) is 0 Å². The second kappa shape index (κ2) is 14.7. The van der Waals surface area contributed by atoms with Crippen LogP contribution in [0.2, 0.25) is 0 Å². The molecule has 16 heteroatoms. The molecule has 0 radical (unpaired) electrons. The third-order valence-corrected chi connectivity index (χ3v) is 7.36. The Morgan fingerprint density at radius 3 is 2.16 bits per heavy atom. The molecule has 0 saturated carbocycles. The summed E-state index contributed by atoms with van der Waals surface area (Å²) in [6.45, 7) is 0.0575. The van der Waals surface area contributed by atoms with Crippen molar-refractivity contribution in [1.82, 2.24) is 0 Å². The number of carbonyl (C=O) groups excluding carboxylic acids is 1. The van der Waals surface area contributed by atoms with E-state index in [1.165, 1.54) is 37.3 Å². The fourth-order valence-electron chi connectivity index (χ4n) is 4.76. The Labute approximate surface area is 256 Å². The lowest BCUT2D eigenvalue weighted by molar-refractivity contribution is -0.366. The van der Waals surface area contributed by atoms with Crippen molar-refractivity contribution in [3.63, 3.8) is 0 Å². The molecule has 2 aromatic carbocycles. The fourth-order valence-corrected chi connectivity index (χ4v) is 4.76. The minimum absolute atomic E-state index is 0.135. The summed E-state index contributed by atoms with van der Waals surface area (Å²) in [5, 5.41) is 101. The molecular formula is C29H36O16. The first-order valence-electron chi connectivity index (χ1n) is 13.8. The van der Waals surface area contributed by atoms with Gasteiger partial charge < -0.3 is 74.7 Å². The lowest BCUT2D eigenvalue weighted by Gasteiger charge is -2.46. The van der Waals surface area contributed by atoms with Crippen LogP contribution >= 0.6 is 0 Å². The van der Waals surface area contributed by atoms with Gasteiger partial charge in [0.1, 0.15) is 42.7 Å². The Balaban J connectivity index is 1.54. The van der Waals surface area contributed by atoms with Crippen LogP contribution in [0, 0.1) is 0 Å². The minimum Gasteiger partial charge on any atom is -0.504 e. The summed E-state index contributed by atoms with van der Waals surface area (Å²) in [6.07, 6.45) is -15.0. The van der Waals surface area contributed by atoms with Gasteiger partial charge in [0.2, 0.25) is 0 Å². The van der Waals surface area contributed by atoms with Crippen molar-refractivity contribution in [2.45, 2.75) is 74.4 Å². The standard InChI is InChI=1S/C29H36O16/c1-12-22(37)23(38)24(39)28(42-12)45-27-25(40)26(44-21(36)7-3-13-2-5-15(31)17(33)8-13)20(10-30)43-29(27)41-11-19(35)14-4-6-16(32)18(34)9-14/h2-9,12,19-20,22-35,37-40H,10-11H2,1H3/b7-3+/t12-,19-,20+,22+,23+,24-,25+,26+,27-,28+,29-/m1/s1. The van der Waals surface area contributed by atoms with Gasteiger partial charge in [0.25, 0.3) is 0 Å². The second-order valence-electron chi connectivity index (χ2n) is 10.6. The second-order valence-corrected chi connectivity index (χ2v) is 10.6. The predicted molar refractivity (Wildman–Crippen MR) is 148 cm³/mol. The average Bonchev–Trinajstić information content (AvgIpc) is 3.01. The van der Waals surface area contributed by atoms with Crippen LogP contribution in [0.5, 0.6) is 23.0 Å². The number of phenols is 4. The van der Waals surface area contributed by atoms with Crippen LogP contribution in [0.1, 0.15) is 24.2 Å². The van der Waals surface area contributed by atoms with E-state index in [0.717, 1.165) is 18.2 Å². The Kier molecular flexibility index (Phi) is 11.2. The van der Waals surface area contributed by atoms with Crippen molar-refractivity contribution < 1.29 is 79.5 Å². The lowest BCUT2D eigenvalue weighted by Crippen LogP contribution is -2.64. The smallest absolute Gasteiger partial charge is 0.331 e. The fraction of sp³-hybridized carbons (Fsp3) is 0.483. The first-order valence-corrected chi connectivity index (χ1v) is 13.8. The van der Waals surface area contributed by atoms with Crippen molar-refractivity contribution in [2.75, 3.05) is 13.2 Å². The highest BCUT2D eigenvalue weighted by Gasteiger charge is 2.52. The molecule has 2 aliphatic heterocycles. The van der Waals surface area contributed by atoms with Gasteiger partial charge in [-0.05, 0) is 48.4 Å². The van der Waals surface area contributed by atoms with E-state index in [1.54, 1.807) is 0 Å². The maximum absolute atomic E-state index is 12.7. The molecule has 0 aliphatic carbocycles. The summed E-state index contributed by atoms with van der Waals surface area (Å²) in [7, 11) is 0. The van der Waals surface area contributed by atoms with Gasteiger partial charge in [-0.2, -0.15) is 0 Å². The highest BCUT2D eigenvalue weighted by Crippen LogP contribution is 2.33. The summed E-state index contributed by atoms with van der Waals surface area (Å²) in [6, 6.07) is 7.32. The maximum atomic E-state index is 12.7. The van der Waals surface area contributed by atoms with E-state index >= 15 is 0 Å². The predicted octanol–water partition coefficient (Wildman–Crippen LogP) is -1.53. The van der Waals surface area contributed by atoms with Crippen molar-refractivity contribution >= 4 is 12.0 Å². The molecule has 16 nitrogen and oxygen atoms in total. The number of aliphatic hydroxyl groups excluding tert-OH is 6. The highest BCUT2D eigenvalue weighted by atomic mass is 16.8. The van der Waals surface area contributed by atoms with Gasteiger partial charge in [-0.15, -0.1) is 0 Å². The molecule has 2 aliphatic rings. The summed E-state index contributed by atoms with van der Waals surface area (Å²) in [5.41, 5.74) is 0.449. The monoisotopic (exact) mass is 640 g/mol. The van der Waals surface area contributed by atoms with Crippen molar-refractivity contribution in [2.24, 2.45) is 0 Å². The number of hydrogen-bond acceptors (Lipinski definition) is 16. The average molecular weight is 641 g/mol. The third kappa shape index (κ3) is 8.00. The number of aromatic hydroxyl groups is 4. The topological polar surface area (TPSA) is 266 Å². The van der Waals surface area contributed by atoms with Gasteiger partial charge in [0.05, 0.1) is 19.3 Å². The van der Waals surface area contributed by atoms with Crippen LogP contribution in [-0.2, 0) is 28.5 Å². The zero-order valence-electron chi connectivity index (χ0n) is 23.8. The van der Waals surface area contributed by atoms with E-state index in [0.29, 0.717) is 5.56 Å². The summed E-state index contributed by atoms with van der Waals surface area (Å²) >= 11 is 0. The maximum Gasteiger partial charge on any atom is 0.331 e. The molecule has 0 bridgehead atoms. The van der Waals surface area contributed by atoms with Crippen LogP contribution in [0.25, 0.3) is 6.08 Å². The van der Waals surface area contributed by atoms with E-state index in [9.17, 15) is 55.9 Å². The van der Waals surface area contributed by atoms with Crippen molar-refractivity contribution in [3.05, 3.63) is 53.6 Å². The van der Waals surface area contributed by atoms with Gasteiger partial charge >= 0.3 is 5.97 Å². The Morgan fingerprint density at radius 1 is 0.844 bits per heavy atom. The highest BCUT2D eigenvalue weighted by molar-refractivity contribution is 5.87. The molecule has 10 N–H and O–H groups in total. The number of benzene rings is 2. The number of rotatable bonds is 10. The molecule has 0 aromatic heterocycles. The Bertz CT molecular complexity index is 1340.